The highest BCUT2D eigenvalue weighted by molar-refractivity contribution is 6.35. The maximum absolute atomic E-state index is 8.90. The Kier molecular flexibility index (Phi) is 2.51. The van der Waals surface area contributed by atoms with Gasteiger partial charge in [0.15, 0.2) is 0 Å². The van der Waals surface area contributed by atoms with Crippen LogP contribution in [-0.2, 0) is 0 Å². The van der Waals surface area contributed by atoms with Crippen molar-refractivity contribution in [2.45, 2.75) is 0 Å². The summed E-state index contributed by atoms with van der Waals surface area (Å²) in [5.41, 5.74) is 3.30. The second-order valence-electron chi connectivity index (χ2n) is 3.95. The average Bonchev–Trinajstić information content (AvgIpc) is 2.80. The fourth-order valence-corrected chi connectivity index (χ4v) is 2.10. The van der Waals surface area contributed by atoms with E-state index in [1.807, 2.05) is 24.3 Å². The van der Waals surface area contributed by atoms with Gasteiger partial charge < -0.3 is 4.98 Å². The summed E-state index contributed by atoms with van der Waals surface area (Å²) in [4.78, 5) is 7.30. The van der Waals surface area contributed by atoms with Gasteiger partial charge in [-0.2, -0.15) is 5.26 Å². The van der Waals surface area contributed by atoms with Crippen molar-refractivity contribution < 1.29 is 0 Å². The van der Waals surface area contributed by atoms with Gasteiger partial charge >= 0.3 is 0 Å². The number of aromatic amines is 1. The van der Waals surface area contributed by atoms with Crippen molar-refractivity contribution in [3.05, 3.63) is 53.3 Å². The van der Waals surface area contributed by atoms with Gasteiger partial charge in [0.05, 0.1) is 16.7 Å². The van der Waals surface area contributed by atoms with Crippen LogP contribution in [0.15, 0.2) is 42.7 Å². The standard InChI is InChI=1S/C14H8ClN3/c15-13-8-18-14-12(13)5-11(7-17-14)10-3-1-2-9(4-10)6-16/h1-5,7-8H,(H,17,18). The molecule has 0 aliphatic heterocycles. The molecular weight excluding hydrogens is 246 g/mol. The molecule has 3 aromatic rings. The molecule has 0 saturated heterocycles. The van der Waals surface area contributed by atoms with Gasteiger partial charge in [-0.3, -0.25) is 0 Å². The molecule has 1 N–H and O–H groups in total. The van der Waals surface area contributed by atoms with Crippen LogP contribution in [0, 0.1) is 11.3 Å². The van der Waals surface area contributed by atoms with E-state index in [1.165, 1.54) is 0 Å². The Morgan fingerprint density at radius 2 is 2.11 bits per heavy atom. The quantitative estimate of drug-likeness (QED) is 0.718. The van der Waals surface area contributed by atoms with Gasteiger partial charge in [-0.15, -0.1) is 0 Å². The van der Waals surface area contributed by atoms with E-state index in [-0.39, 0.29) is 0 Å². The first-order chi connectivity index (χ1) is 8.78. The maximum Gasteiger partial charge on any atom is 0.138 e. The highest BCUT2D eigenvalue weighted by Gasteiger charge is 2.05. The molecule has 2 aromatic heterocycles. The molecule has 0 unspecified atom stereocenters. The van der Waals surface area contributed by atoms with E-state index in [9.17, 15) is 0 Å². The number of rotatable bonds is 1. The molecule has 0 amide bonds. The van der Waals surface area contributed by atoms with Crippen molar-refractivity contribution in [2.75, 3.05) is 0 Å². The lowest BCUT2D eigenvalue weighted by atomic mass is 10.0. The van der Waals surface area contributed by atoms with Gasteiger partial charge in [0, 0.05) is 23.3 Å². The number of nitrogens with zero attached hydrogens (tertiary/aromatic N) is 2. The molecule has 86 valence electrons. The number of nitriles is 1. The molecule has 18 heavy (non-hydrogen) atoms. The van der Waals surface area contributed by atoms with E-state index in [0.717, 1.165) is 22.2 Å². The fraction of sp³-hybridized carbons (Fsp3) is 0. The van der Waals surface area contributed by atoms with Crippen molar-refractivity contribution in [1.29, 1.82) is 5.26 Å². The van der Waals surface area contributed by atoms with Crippen molar-refractivity contribution >= 4 is 22.6 Å². The molecule has 0 bridgehead atoms. The SMILES string of the molecule is N#Cc1cccc(-c2cnc3[nH]cc(Cl)c3c2)c1. The van der Waals surface area contributed by atoms with Gasteiger partial charge in [-0.05, 0) is 23.8 Å². The maximum atomic E-state index is 8.90. The Morgan fingerprint density at radius 1 is 1.22 bits per heavy atom. The summed E-state index contributed by atoms with van der Waals surface area (Å²) in [5, 5.41) is 10.4. The Bertz CT molecular complexity index is 768. The number of pyridine rings is 1. The monoisotopic (exact) mass is 253 g/mol. The number of hydrogen-bond acceptors (Lipinski definition) is 2. The third-order valence-electron chi connectivity index (χ3n) is 2.81. The van der Waals surface area contributed by atoms with E-state index in [0.29, 0.717) is 10.6 Å². The minimum atomic E-state index is 0.632. The molecule has 2 heterocycles. The van der Waals surface area contributed by atoms with Gasteiger partial charge in [-0.1, -0.05) is 23.7 Å². The molecular formula is C14H8ClN3. The van der Waals surface area contributed by atoms with Gasteiger partial charge in [0.25, 0.3) is 0 Å². The number of halogens is 1. The molecule has 0 atom stereocenters. The highest BCUT2D eigenvalue weighted by atomic mass is 35.5. The molecule has 0 aliphatic carbocycles. The fourth-order valence-electron chi connectivity index (χ4n) is 1.90. The van der Waals surface area contributed by atoms with Gasteiger partial charge in [-0.25, -0.2) is 4.98 Å². The normalized spacial score (nSPS) is 10.4. The van der Waals surface area contributed by atoms with E-state index in [2.05, 4.69) is 16.0 Å². The van der Waals surface area contributed by atoms with E-state index in [1.54, 1.807) is 18.5 Å². The van der Waals surface area contributed by atoms with Crippen LogP contribution in [0.4, 0.5) is 0 Å². The predicted molar refractivity (Wildman–Crippen MR) is 71.3 cm³/mol. The molecule has 0 aliphatic rings. The van der Waals surface area contributed by atoms with Crippen molar-refractivity contribution in [2.24, 2.45) is 0 Å². The van der Waals surface area contributed by atoms with E-state index >= 15 is 0 Å². The van der Waals surface area contributed by atoms with Crippen molar-refractivity contribution in [1.82, 2.24) is 9.97 Å². The zero-order valence-corrected chi connectivity index (χ0v) is 10.1. The third kappa shape index (κ3) is 1.73. The molecule has 3 nitrogen and oxygen atoms in total. The first-order valence-corrected chi connectivity index (χ1v) is 5.79. The second kappa shape index (κ2) is 4.17. The van der Waals surface area contributed by atoms with Gasteiger partial charge in [0.1, 0.15) is 5.65 Å². The molecule has 0 saturated carbocycles. The predicted octanol–water partition coefficient (Wildman–Crippen LogP) is 3.75. The van der Waals surface area contributed by atoms with Crippen LogP contribution in [0.25, 0.3) is 22.2 Å². The summed E-state index contributed by atoms with van der Waals surface area (Å²) in [6.07, 6.45) is 3.49. The summed E-state index contributed by atoms with van der Waals surface area (Å²) < 4.78 is 0. The Labute approximate surface area is 109 Å². The Morgan fingerprint density at radius 3 is 2.94 bits per heavy atom. The molecule has 3 rings (SSSR count). The summed E-state index contributed by atoms with van der Waals surface area (Å²) in [7, 11) is 0. The molecule has 0 radical (unpaired) electrons. The zero-order chi connectivity index (χ0) is 12.5. The summed E-state index contributed by atoms with van der Waals surface area (Å²) >= 11 is 6.07. The number of hydrogen-bond donors (Lipinski definition) is 1. The summed E-state index contributed by atoms with van der Waals surface area (Å²) in [6, 6.07) is 11.5. The highest BCUT2D eigenvalue weighted by Crippen LogP contribution is 2.27. The molecule has 4 heteroatoms. The largest absolute Gasteiger partial charge is 0.345 e. The van der Waals surface area contributed by atoms with E-state index in [4.69, 9.17) is 16.9 Å². The first-order valence-electron chi connectivity index (χ1n) is 5.41. The minimum Gasteiger partial charge on any atom is -0.345 e. The Balaban J connectivity index is 2.19. The van der Waals surface area contributed by atoms with Crippen LogP contribution in [0.3, 0.4) is 0 Å². The molecule has 0 fully saturated rings. The van der Waals surface area contributed by atoms with E-state index < -0.39 is 0 Å². The molecule has 1 aromatic carbocycles. The lowest BCUT2D eigenvalue weighted by molar-refractivity contribution is 1.32. The number of nitrogens with one attached hydrogen (secondary N) is 1. The summed E-state index contributed by atoms with van der Waals surface area (Å²) in [5.74, 6) is 0. The van der Waals surface area contributed by atoms with Gasteiger partial charge in [0.2, 0.25) is 0 Å². The van der Waals surface area contributed by atoms with Crippen molar-refractivity contribution in [3.8, 4) is 17.2 Å². The lowest BCUT2D eigenvalue weighted by Crippen LogP contribution is -1.83. The van der Waals surface area contributed by atoms with Crippen LogP contribution in [0.2, 0.25) is 5.02 Å². The van der Waals surface area contributed by atoms with Crippen LogP contribution in [-0.4, -0.2) is 9.97 Å². The van der Waals surface area contributed by atoms with Crippen LogP contribution in [0.1, 0.15) is 5.56 Å². The van der Waals surface area contributed by atoms with Crippen LogP contribution < -0.4 is 0 Å². The minimum absolute atomic E-state index is 0.632. The lowest BCUT2D eigenvalue weighted by Gasteiger charge is -2.02. The average molecular weight is 254 g/mol. The summed E-state index contributed by atoms with van der Waals surface area (Å²) in [6.45, 7) is 0. The number of fused-ring (bicyclic) bond motifs is 1. The third-order valence-corrected chi connectivity index (χ3v) is 3.12. The second-order valence-corrected chi connectivity index (χ2v) is 4.36. The number of aromatic nitrogens is 2. The van der Waals surface area contributed by atoms with Crippen LogP contribution in [0.5, 0.6) is 0 Å². The Hall–Kier alpha value is -2.31. The van der Waals surface area contributed by atoms with Crippen molar-refractivity contribution in [3.63, 3.8) is 0 Å². The topological polar surface area (TPSA) is 52.5 Å². The molecule has 0 spiro atoms. The zero-order valence-electron chi connectivity index (χ0n) is 9.31. The first kappa shape index (κ1) is 10.8. The number of benzene rings is 1. The smallest absolute Gasteiger partial charge is 0.138 e. The van der Waals surface area contributed by atoms with Crippen LogP contribution >= 0.6 is 11.6 Å². The number of H-pyrrole nitrogens is 1.